The van der Waals surface area contributed by atoms with Gasteiger partial charge in [0.05, 0.1) is 5.57 Å². The Morgan fingerprint density at radius 3 is 2.32 bits per heavy atom. The highest BCUT2D eigenvalue weighted by Gasteiger charge is 2.42. The average molecular weight is 364 g/mol. The Morgan fingerprint density at radius 1 is 0.964 bits per heavy atom. The molecular formula is C25H16O3. The number of carbonyl (C=O) groups is 1. The van der Waals surface area contributed by atoms with E-state index in [-0.39, 0.29) is 12.2 Å². The molecule has 5 rings (SSSR count). The first-order chi connectivity index (χ1) is 13.7. The lowest BCUT2D eigenvalue weighted by atomic mass is 9.94. The van der Waals surface area contributed by atoms with Crippen LogP contribution in [0.2, 0.25) is 0 Å². The number of terminal acetylenes is 1. The van der Waals surface area contributed by atoms with Crippen LogP contribution in [0.5, 0.6) is 0 Å². The van der Waals surface area contributed by atoms with E-state index in [0.717, 1.165) is 44.2 Å². The number of esters is 1. The second-order valence-corrected chi connectivity index (χ2v) is 6.84. The average Bonchev–Trinajstić information content (AvgIpc) is 3.20. The first-order valence-corrected chi connectivity index (χ1v) is 9.07. The van der Waals surface area contributed by atoms with E-state index in [1.165, 1.54) is 0 Å². The molecule has 3 nitrogen and oxygen atoms in total. The maximum Gasteiger partial charge on any atom is 0.338 e. The molecule has 0 aliphatic heterocycles. The van der Waals surface area contributed by atoms with E-state index in [2.05, 4.69) is 18.1 Å². The largest absolute Gasteiger partial charge is 0.449 e. The smallest absolute Gasteiger partial charge is 0.338 e. The summed E-state index contributed by atoms with van der Waals surface area (Å²) in [5, 5.41) is 13.4. The molecule has 2 aliphatic carbocycles. The Hall–Kier alpha value is -3.61. The molecule has 1 N–H and O–H groups in total. The molecule has 0 aromatic heterocycles. The number of rotatable bonds is 3. The minimum absolute atomic E-state index is 0.129. The number of hydrogen-bond acceptors (Lipinski definition) is 3. The number of fused-ring (bicyclic) bond motifs is 3. The third-order valence-electron chi connectivity index (χ3n) is 5.37. The quantitative estimate of drug-likeness (QED) is 0.563. The molecular weight excluding hydrogens is 348 g/mol. The number of hydrogen-bond donors (Lipinski definition) is 1. The van der Waals surface area contributed by atoms with Crippen LogP contribution in [-0.4, -0.2) is 23.8 Å². The number of carbonyl (C=O) groups excluding carboxylic acids is 1. The van der Waals surface area contributed by atoms with Gasteiger partial charge < -0.3 is 9.84 Å². The monoisotopic (exact) mass is 364 g/mol. The fraction of sp³-hybridized carbons (Fsp3) is 0.0800. The van der Waals surface area contributed by atoms with Crippen molar-refractivity contribution in [2.75, 3.05) is 6.61 Å². The Bertz CT molecular complexity index is 1230. The Morgan fingerprint density at radius 2 is 1.64 bits per heavy atom. The van der Waals surface area contributed by atoms with Gasteiger partial charge in [-0.05, 0) is 33.0 Å². The topological polar surface area (TPSA) is 46.5 Å². The third kappa shape index (κ3) is 2.19. The molecule has 3 heteroatoms. The lowest BCUT2D eigenvalue weighted by molar-refractivity contribution is -0.138. The molecule has 0 saturated heterocycles. The first-order valence-electron chi connectivity index (χ1n) is 9.07. The summed E-state index contributed by atoms with van der Waals surface area (Å²) in [6.45, 7) is -0.129. The summed E-state index contributed by atoms with van der Waals surface area (Å²) in [4.78, 5) is 12.8. The van der Waals surface area contributed by atoms with Crippen LogP contribution in [0.25, 0.3) is 27.5 Å². The fourth-order valence-electron chi connectivity index (χ4n) is 4.32. The highest BCUT2D eigenvalue weighted by Crippen LogP contribution is 2.55. The standard InChI is InChI=1S/C25H16O3/c1-2-14-28-25(27)23-22-18-13-7-11-15-10-6-12-17(19(15)18)21(22)20(24(23)26)16-8-4-3-5-9-16/h1,3-13,24,26H,14H2. The van der Waals surface area contributed by atoms with Gasteiger partial charge in [0, 0.05) is 11.1 Å². The molecule has 0 saturated carbocycles. The van der Waals surface area contributed by atoms with E-state index >= 15 is 0 Å². The van der Waals surface area contributed by atoms with Gasteiger partial charge in [0.25, 0.3) is 0 Å². The lowest BCUT2D eigenvalue weighted by Gasteiger charge is -2.15. The zero-order valence-corrected chi connectivity index (χ0v) is 15.0. The molecule has 2 aliphatic rings. The van der Waals surface area contributed by atoms with Crippen molar-refractivity contribution in [1.82, 2.24) is 0 Å². The summed E-state index contributed by atoms with van der Waals surface area (Å²) in [5.74, 6) is 1.74. The SMILES string of the molecule is C#CCOC(=O)C1=C2C(=C(c3ccccc3)C1O)c1cccc3cccc2c13. The molecule has 0 fully saturated rings. The summed E-state index contributed by atoms with van der Waals surface area (Å²) in [6, 6.07) is 21.8. The maximum atomic E-state index is 12.8. The van der Waals surface area contributed by atoms with E-state index < -0.39 is 12.1 Å². The highest BCUT2D eigenvalue weighted by molar-refractivity contribution is 6.34. The van der Waals surface area contributed by atoms with Crippen molar-refractivity contribution in [2.45, 2.75) is 6.10 Å². The molecule has 28 heavy (non-hydrogen) atoms. The second kappa shape index (κ2) is 6.23. The van der Waals surface area contributed by atoms with Gasteiger partial charge in [-0.25, -0.2) is 4.79 Å². The summed E-state index contributed by atoms with van der Waals surface area (Å²) < 4.78 is 5.21. The number of allylic oxidation sites excluding steroid dienone is 2. The van der Waals surface area contributed by atoms with Crippen LogP contribution in [0.15, 0.2) is 72.3 Å². The highest BCUT2D eigenvalue weighted by atomic mass is 16.5. The normalized spacial score (nSPS) is 17.1. The minimum Gasteiger partial charge on any atom is -0.449 e. The summed E-state index contributed by atoms with van der Waals surface area (Å²) in [6.07, 6.45) is 4.18. The third-order valence-corrected chi connectivity index (χ3v) is 5.37. The van der Waals surface area contributed by atoms with Crippen LogP contribution < -0.4 is 0 Å². The van der Waals surface area contributed by atoms with E-state index in [0.29, 0.717) is 0 Å². The van der Waals surface area contributed by atoms with Crippen molar-refractivity contribution in [1.29, 1.82) is 0 Å². The zero-order chi connectivity index (χ0) is 19.3. The Kier molecular flexibility index (Phi) is 3.68. The number of benzene rings is 3. The summed E-state index contributed by atoms with van der Waals surface area (Å²) in [7, 11) is 0. The van der Waals surface area contributed by atoms with Crippen molar-refractivity contribution in [3.63, 3.8) is 0 Å². The first kappa shape index (κ1) is 16.6. The van der Waals surface area contributed by atoms with Crippen LogP contribution in [0, 0.1) is 12.3 Å². The molecule has 0 bridgehead atoms. The van der Waals surface area contributed by atoms with Crippen LogP contribution in [0.1, 0.15) is 16.7 Å². The molecule has 0 radical (unpaired) electrons. The van der Waals surface area contributed by atoms with Crippen molar-refractivity contribution < 1.29 is 14.6 Å². The number of ether oxygens (including phenoxy) is 1. The van der Waals surface area contributed by atoms with Gasteiger partial charge >= 0.3 is 5.97 Å². The van der Waals surface area contributed by atoms with Gasteiger partial charge in [0.15, 0.2) is 6.61 Å². The van der Waals surface area contributed by atoms with Gasteiger partial charge in [-0.2, -0.15) is 0 Å². The Balaban J connectivity index is 1.84. The van der Waals surface area contributed by atoms with Crippen molar-refractivity contribution in [2.24, 2.45) is 0 Å². The van der Waals surface area contributed by atoms with Crippen LogP contribution >= 0.6 is 0 Å². The predicted octanol–water partition coefficient (Wildman–Crippen LogP) is 4.07. The van der Waals surface area contributed by atoms with Crippen molar-refractivity contribution >= 4 is 33.5 Å². The van der Waals surface area contributed by atoms with Crippen LogP contribution in [0.3, 0.4) is 0 Å². The maximum absolute atomic E-state index is 12.8. The lowest BCUT2D eigenvalue weighted by Crippen LogP contribution is -2.20. The second-order valence-electron chi connectivity index (χ2n) is 6.84. The van der Waals surface area contributed by atoms with Gasteiger partial charge in [0.2, 0.25) is 0 Å². The molecule has 0 heterocycles. The molecule has 3 aromatic rings. The molecule has 134 valence electrons. The van der Waals surface area contributed by atoms with Crippen LogP contribution in [0.4, 0.5) is 0 Å². The van der Waals surface area contributed by atoms with E-state index in [1.54, 1.807) is 0 Å². The predicted molar refractivity (Wildman–Crippen MR) is 110 cm³/mol. The van der Waals surface area contributed by atoms with E-state index in [4.69, 9.17) is 11.2 Å². The molecule has 0 spiro atoms. The van der Waals surface area contributed by atoms with Gasteiger partial charge in [0.1, 0.15) is 6.10 Å². The van der Waals surface area contributed by atoms with E-state index in [9.17, 15) is 9.90 Å². The Labute approximate surface area is 162 Å². The van der Waals surface area contributed by atoms with Crippen molar-refractivity contribution in [3.05, 3.63) is 89.0 Å². The van der Waals surface area contributed by atoms with Gasteiger partial charge in [-0.15, -0.1) is 6.42 Å². The van der Waals surface area contributed by atoms with Crippen LogP contribution in [-0.2, 0) is 9.53 Å². The summed E-state index contributed by atoms with van der Waals surface area (Å²) in [5.41, 5.74) is 5.49. The zero-order valence-electron chi connectivity index (χ0n) is 15.0. The fourth-order valence-corrected chi connectivity index (χ4v) is 4.32. The molecule has 1 atom stereocenters. The van der Waals surface area contributed by atoms with Crippen molar-refractivity contribution in [3.8, 4) is 12.3 Å². The molecule has 1 unspecified atom stereocenters. The molecule has 0 amide bonds. The van der Waals surface area contributed by atoms with Gasteiger partial charge in [-0.3, -0.25) is 0 Å². The van der Waals surface area contributed by atoms with E-state index in [1.807, 2.05) is 54.6 Å². The summed E-state index contributed by atoms with van der Waals surface area (Å²) >= 11 is 0. The minimum atomic E-state index is -1.07. The number of aliphatic hydroxyl groups excluding tert-OH is 1. The molecule has 3 aromatic carbocycles. The number of aliphatic hydroxyl groups is 1. The van der Waals surface area contributed by atoms with Gasteiger partial charge in [-0.1, -0.05) is 72.7 Å².